The minimum Gasteiger partial charge on any atom is -0.508 e. The number of aromatic hydroxyl groups is 1. The molecule has 0 saturated heterocycles. The van der Waals surface area contributed by atoms with Gasteiger partial charge in [0.15, 0.2) is 0 Å². The van der Waals surface area contributed by atoms with Gasteiger partial charge in [-0.1, -0.05) is 35.3 Å². The molecule has 4 rings (SSSR count). The van der Waals surface area contributed by atoms with Gasteiger partial charge in [0.1, 0.15) is 17.3 Å². The molecule has 3 aromatic carbocycles. The zero-order valence-electron chi connectivity index (χ0n) is 14.5. The van der Waals surface area contributed by atoms with Crippen LogP contribution < -0.4 is 4.90 Å². The summed E-state index contributed by atoms with van der Waals surface area (Å²) in [6, 6.07) is 20.7. The number of hydrogen-bond acceptors (Lipinski definition) is 3. The van der Waals surface area contributed by atoms with Gasteiger partial charge in [0.25, 0.3) is 5.91 Å². The fourth-order valence-electron chi connectivity index (χ4n) is 2.87. The maximum absolute atomic E-state index is 13.1. The van der Waals surface area contributed by atoms with Gasteiger partial charge in [0.2, 0.25) is 0 Å². The van der Waals surface area contributed by atoms with E-state index in [0.717, 1.165) is 11.1 Å². The molecule has 0 saturated carbocycles. The zero-order valence-corrected chi connectivity index (χ0v) is 16.0. The normalized spacial score (nSPS) is 15.2. The summed E-state index contributed by atoms with van der Waals surface area (Å²) in [5.41, 5.74) is 2.49. The van der Waals surface area contributed by atoms with Gasteiger partial charge in [0.05, 0.1) is 5.69 Å². The third-order valence-corrected chi connectivity index (χ3v) is 4.75. The van der Waals surface area contributed by atoms with Crippen LogP contribution in [0.3, 0.4) is 0 Å². The van der Waals surface area contributed by atoms with Crippen molar-refractivity contribution in [3.8, 4) is 5.75 Å². The zero-order chi connectivity index (χ0) is 19.7. The largest absolute Gasteiger partial charge is 0.508 e. The third kappa shape index (κ3) is 3.65. The van der Waals surface area contributed by atoms with E-state index in [1.807, 2.05) is 24.3 Å². The molecule has 0 aliphatic carbocycles. The molecule has 6 heteroatoms. The fourth-order valence-corrected chi connectivity index (χ4v) is 3.12. The van der Waals surface area contributed by atoms with Gasteiger partial charge in [-0.3, -0.25) is 9.69 Å². The Bertz CT molecular complexity index is 1090. The lowest BCUT2D eigenvalue weighted by Gasteiger charge is -2.18. The molecule has 0 bridgehead atoms. The lowest BCUT2D eigenvalue weighted by atomic mass is 10.1. The summed E-state index contributed by atoms with van der Waals surface area (Å²) >= 11 is 11.9. The lowest BCUT2D eigenvalue weighted by Crippen LogP contribution is -2.32. The van der Waals surface area contributed by atoms with Crippen LogP contribution in [0.5, 0.6) is 5.75 Å². The Morgan fingerprint density at radius 2 is 1.39 bits per heavy atom. The van der Waals surface area contributed by atoms with E-state index in [-0.39, 0.29) is 11.7 Å². The minimum atomic E-state index is -0.259. The smallest absolute Gasteiger partial charge is 0.282 e. The lowest BCUT2D eigenvalue weighted by molar-refractivity contribution is -0.113. The Balaban J connectivity index is 1.81. The number of aliphatic imine (C=N–C) groups is 1. The number of phenols is 1. The fraction of sp³-hybridized carbons (Fsp3) is 0. The Hall–Kier alpha value is -3.08. The van der Waals surface area contributed by atoms with E-state index in [0.29, 0.717) is 27.3 Å². The van der Waals surface area contributed by atoms with Crippen molar-refractivity contribution in [2.24, 2.45) is 4.99 Å². The van der Waals surface area contributed by atoms with Crippen LogP contribution in [0.1, 0.15) is 11.1 Å². The maximum atomic E-state index is 13.1. The van der Waals surface area contributed by atoms with E-state index >= 15 is 0 Å². The number of halogens is 2. The van der Waals surface area contributed by atoms with Gasteiger partial charge in [-0.2, -0.15) is 0 Å². The first-order valence-corrected chi connectivity index (χ1v) is 9.22. The highest BCUT2D eigenvalue weighted by Crippen LogP contribution is 2.29. The van der Waals surface area contributed by atoms with Crippen molar-refractivity contribution in [1.29, 1.82) is 0 Å². The number of hydrogen-bond donors (Lipinski definition) is 1. The van der Waals surface area contributed by atoms with Crippen LogP contribution in [-0.4, -0.2) is 16.8 Å². The first kappa shape index (κ1) is 18.3. The second kappa shape index (κ2) is 7.50. The highest BCUT2D eigenvalue weighted by Gasteiger charge is 2.32. The van der Waals surface area contributed by atoms with Crippen LogP contribution in [0.4, 0.5) is 5.69 Å². The summed E-state index contributed by atoms with van der Waals surface area (Å²) < 4.78 is 0. The molecule has 1 amide bonds. The van der Waals surface area contributed by atoms with E-state index < -0.39 is 0 Å². The second-order valence-corrected chi connectivity index (χ2v) is 7.05. The van der Waals surface area contributed by atoms with Crippen molar-refractivity contribution in [1.82, 2.24) is 0 Å². The third-order valence-electron chi connectivity index (χ3n) is 4.24. The minimum absolute atomic E-state index is 0.123. The van der Waals surface area contributed by atoms with Crippen LogP contribution in [0.15, 0.2) is 83.5 Å². The predicted molar refractivity (Wildman–Crippen MR) is 113 cm³/mol. The number of benzene rings is 3. The van der Waals surface area contributed by atoms with E-state index in [9.17, 15) is 9.90 Å². The Morgan fingerprint density at radius 1 is 0.821 bits per heavy atom. The molecular weight excluding hydrogens is 395 g/mol. The van der Waals surface area contributed by atoms with Crippen LogP contribution in [0.25, 0.3) is 6.08 Å². The van der Waals surface area contributed by atoms with Crippen molar-refractivity contribution < 1.29 is 9.90 Å². The van der Waals surface area contributed by atoms with E-state index in [4.69, 9.17) is 23.2 Å². The molecule has 1 aliphatic heterocycles. The predicted octanol–water partition coefficient (Wildman–Crippen LogP) is 5.53. The standard InChI is InChI=1S/C22H14Cl2N2O2/c23-16-5-1-14(2-6-16)13-20-22(28)26(18-9-11-19(27)12-10-18)21(25-20)15-3-7-17(24)8-4-15/h1-13,27H/b20-13+. The van der Waals surface area contributed by atoms with Crippen molar-refractivity contribution in [3.63, 3.8) is 0 Å². The number of amidine groups is 1. The van der Waals surface area contributed by atoms with Crippen molar-refractivity contribution in [2.75, 3.05) is 4.90 Å². The molecule has 0 unspecified atom stereocenters. The van der Waals surface area contributed by atoms with Gasteiger partial charge in [-0.05, 0) is 72.3 Å². The molecule has 138 valence electrons. The SMILES string of the molecule is O=C1/C(=C\c2ccc(Cl)cc2)N=C(c2ccc(Cl)cc2)N1c1ccc(O)cc1. The summed E-state index contributed by atoms with van der Waals surface area (Å²) in [5, 5.41) is 10.8. The van der Waals surface area contributed by atoms with Gasteiger partial charge in [0, 0.05) is 15.6 Å². The molecule has 1 heterocycles. The molecule has 0 radical (unpaired) electrons. The van der Waals surface area contributed by atoms with Crippen LogP contribution in [-0.2, 0) is 4.79 Å². The topological polar surface area (TPSA) is 52.9 Å². The quantitative estimate of drug-likeness (QED) is 0.578. The first-order valence-electron chi connectivity index (χ1n) is 8.47. The number of carbonyl (C=O) groups excluding carboxylic acids is 1. The number of phenolic OH excluding ortho intramolecular Hbond substituents is 1. The highest BCUT2D eigenvalue weighted by molar-refractivity contribution is 6.34. The van der Waals surface area contributed by atoms with Crippen LogP contribution >= 0.6 is 23.2 Å². The molecule has 0 aromatic heterocycles. The molecule has 0 atom stereocenters. The van der Waals surface area contributed by atoms with Crippen LogP contribution in [0, 0.1) is 0 Å². The maximum Gasteiger partial charge on any atom is 0.282 e. The number of rotatable bonds is 3. The van der Waals surface area contributed by atoms with E-state index in [1.165, 1.54) is 17.0 Å². The van der Waals surface area contributed by atoms with Gasteiger partial charge in [-0.25, -0.2) is 4.99 Å². The molecule has 1 aliphatic rings. The van der Waals surface area contributed by atoms with Gasteiger partial charge < -0.3 is 5.11 Å². The average molecular weight is 409 g/mol. The average Bonchev–Trinajstić information content (AvgIpc) is 3.01. The van der Waals surface area contributed by atoms with Crippen molar-refractivity contribution in [3.05, 3.63) is 99.7 Å². The number of nitrogens with zero attached hydrogens (tertiary/aromatic N) is 2. The van der Waals surface area contributed by atoms with E-state index in [2.05, 4.69) is 4.99 Å². The number of amides is 1. The molecule has 0 fully saturated rings. The number of anilines is 1. The summed E-state index contributed by atoms with van der Waals surface area (Å²) in [7, 11) is 0. The molecular formula is C22H14Cl2N2O2. The first-order chi connectivity index (χ1) is 13.5. The molecule has 4 nitrogen and oxygen atoms in total. The summed E-state index contributed by atoms with van der Waals surface area (Å²) in [4.78, 5) is 19.2. The molecule has 3 aromatic rings. The second-order valence-electron chi connectivity index (χ2n) is 6.18. The Kier molecular flexibility index (Phi) is 4.90. The monoisotopic (exact) mass is 408 g/mol. The van der Waals surface area contributed by atoms with Crippen LogP contribution in [0.2, 0.25) is 10.0 Å². The molecule has 1 N–H and O–H groups in total. The highest BCUT2D eigenvalue weighted by atomic mass is 35.5. The van der Waals surface area contributed by atoms with E-state index in [1.54, 1.807) is 42.5 Å². The Labute approximate surface area is 172 Å². The molecule has 0 spiro atoms. The van der Waals surface area contributed by atoms with Gasteiger partial charge >= 0.3 is 0 Å². The summed E-state index contributed by atoms with van der Waals surface area (Å²) in [6.45, 7) is 0. The number of carbonyl (C=O) groups is 1. The van der Waals surface area contributed by atoms with Gasteiger partial charge in [-0.15, -0.1) is 0 Å². The molecule has 28 heavy (non-hydrogen) atoms. The summed E-state index contributed by atoms with van der Waals surface area (Å²) in [5.74, 6) is 0.357. The van der Waals surface area contributed by atoms with Crippen molar-refractivity contribution in [2.45, 2.75) is 0 Å². The van der Waals surface area contributed by atoms with Crippen molar-refractivity contribution >= 4 is 46.7 Å². The Morgan fingerprint density at radius 3 is 2.00 bits per heavy atom. The summed E-state index contributed by atoms with van der Waals surface area (Å²) in [6.07, 6.45) is 1.72.